The highest BCUT2D eigenvalue weighted by Crippen LogP contribution is 2.30. The minimum absolute atomic E-state index is 0.211. The quantitative estimate of drug-likeness (QED) is 0.929. The Morgan fingerprint density at radius 3 is 2.90 bits per heavy atom. The van der Waals surface area contributed by atoms with Gasteiger partial charge in [-0.15, -0.1) is 0 Å². The van der Waals surface area contributed by atoms with Gasteiger partial charge in [0.1, 0.15) is 0 Å². The van der Waals surface area contributed by atoms with Crippen LogP contribution in [0.2, 0.25) is 0 Å². The van der Waals surface area contributed by atoms with Crippen LogP contribution in [0.3, 0.4) is 0 Å². The molecule has 0 fully saturated rings. The second kappa shape index (κ2) is 4.90. The van der Waals surface area contributed by atoms with E-state index in [0.29, 0.717) is 11.7 Å². The van der Waals surface area contributed by atoms with Crippen LogP contribution < -0.4 is 10.6 Å². The lowest BCUT2D eigenvalue weighted by Crippen LogP contribution is -2.16. The number of nitrogens with two attached hydrogens (primary N) is 1. The van der Waals surface area contributed by atoms with Gasteiger partial charge in [0.15, 0.2) is 0 Å². The lowest BCUT2D eigenvalue weighted by molar-refractivity contribution is 0.325. The number of aromatic nitrogens is 2. The number of fused-ring (bicyclic) bond motifs is 1. The van der Waals surface area contributed by atoms with E-state index in [9.17, 15) is 0 Å². The van der Waals surface area contributed by atoms with Crippen LogP contribution in [0.1, 0.15) is 31.3 Å². The molecule has 0 amide bonds. The summed E-state index contributed by atoms with van der Waals surface area (Å²) in [7, 11) is 2.11. The second-order valence-corrected chi connectivity index (χ2v) is 5.74. The number of nitrogens with zero attached hydrogens (tertiary/aromatic N) is 3. The molecule has 0 spiro atoms. The molecule has 1 aromatic heterocycles. The highest BCUT2D eigenvalue weighted by molar-refractivity contribution is 5.66. The van der Waals surface area contributed by atoms with Crippen LogP contribution in [0, 0.1) is 5.92 Å². The van der Waals surface area contributed by atoms with Crippen LogP contribution in [-0.2, 0) is 6.42 Å². The molecule has 1 atom stereocenters. The zero-order valence-corrected chi connectivity index (χ0v) is 12.1. The smallest absolute Gasteiger partial charge is 0.244 e. The standard InChI is InChI=1S/C15H20N4O/c1-9(2)13(16)15-17-14(18-20-15)11-4-5-12-10(8-11)6-7-19(12)3/h4-5,8-9,13H,6-7,16H2,1-3H3/t13-/m0/s1. The van der Waals surface area contributed by atoms with Gasteiger partial charge in [-0.2, -0.15) is 4.98 Å². The Bertz CT molecular complexity index is 620. The summed E-state index contributed by atoms with van der Waals surface area (Å²) >= 11 is 0. The van der Waals surface area contributed by atoms with Crippen LogP contribution in [0.4, 0.5) is 5.69 Å². The second-order valence-electron chi connectivity index (χ2n) is 5.74. The van der Waals surface area contributed by atoms with Crippen molar-refractivity contribution in [2.45, 2.75) is 26.3 Å². The molecule has 2 heterocycles. The molecule has 5 heteroatoms. The van der Waals surface area contributed by atoms with Gasteiger partial charge >= 0.3 is 0 Å². The molecule has 3 rings (SSSR count). The summed E-state index contributed by atoms with van der Waals surface area (Å²) in [6, 6.07) is 6.09. The highest BCUT2D eigenvalue weighted by atomic mass is 16.5. The minimum Gasteiger partial charge on any atom is -0.374 e. The van der Waals surface area contributed by atoms with Crippen LogP contribution in [0.5, 0.6) is 0 Å². The molecule has 0 radical (unpaired) electrons. The van der Waals surface area contributed by atoms with Gasteiger partial charge in [-0.3, -0.25) is 0 Å². The number of hydrogen-bond donors (Lipinski definition) is 1. The van der Waals surface area contributed by atoms with Gasteiger partial charge in [0.05, 0.1) is 6.04 Å². The summed E-state index contributed by atoms with van der Waals surface area (Å²) in [5.74, 6) is 1.40. The van der Waals surface area contributed by atoms with E-state index in [-0.39, 0.29) is 12.0 Å². The van der Waals surface area contributed by atoms with Crippen molar-refractivity contribution in [1.29, 1.82) is 0 Å². The molecule has 1 aromatic carbocycles. The maximum absolute atomic E-state index is 6.03. The Morgan fingerprint density at radius 1 is 1.35 bits per heavy atom. The van der Waals surface area contributed by atoms with Crippen molar-refractivity contribution in [2.24, 2.45) is 11.7 Å². The molecule has 1 aliphatic rings. The number of rotatable bonds is 3. The van der Waals surface area contributed by atoms with Gasteiger partial charge in [-0.05, 0) is 36.1 Å². The Morgan fingerprint density at radius 2 is 2.15 bits per heavy atom. The number of likely N-dealkylation sites (N-methyl/N-ethyl adjacent to an activating group) is 1. The molecular formula is C15H20N4O. The average molecular weight is 272 g/mol. The molecule has 2 N–H and O–H groups in total. The van der Waals surface area contributed by atoms with Gasteiger partial charge in [0.25, 0.3) is 0 Å². The first-order valence-corrected chi connectivity index (χ1v) is 7.00. The molecule has 0 saturated carbocycles. The molecule has 106 valence electrons. The van der Waals surface area contributed by atoms with Crippen molar-refractivity contribution < 1.29 is 4.52 Å². The molecular weight excluding hydrogens is 252 g/mol. The Labute approximate surface area is 118 Å². The Balaban J connectivity index is 1.91. The first-order chi connectivity index (χ1) is 9.56. The van der Waals surface area contributed by atoms with Crippen molar-refractivity contribution >= 4 is 5.69 Å². The van der Waals surface area contributed by atoms with Gasteiger partial charge < -0.3 is 15.2 Å². The highest BCUT2D eigenvalue weighted by Gasteiger charge is 2.20. The van der Waals surface area contributed by atoms with Crippen LogP contribution in [0.25, 0.3) is 11.4 Å². The largest absolute Gasteiger partial charge is 0.374 e. The van der Waals surface area contributed by atoms with Gasteiger partial charge in [0, 0.05) is 24.8 Å². The van der Waals surface area contributed by atoms with Crippen molar-refractivity contribution in [3.63, 3.8) is 0 Å². The third kappa shape index (κ3) is 2.18. The lowest BCUT2D eigenvalue weighted by Gasteiger charge is -2.11. The summed E-state index contributed by atoms with van der Waals surface area (Å²) in [4.78, 5) is 6.69. The maximum atomic E-state index is 6.03. The summed E-state index contributed by atoms with van der Waals surface area (Å²) in [5, 5.41) is 4.05. The predicted molar refractivity (Wildman–Crippen MR) is 78.5 cm³/mol. The fourth-order valence-electron chi connectivity index (χ4n) is 2.48. The third-order valence-electron chi connectivity index (χ3n) is 3.91. The van der Waals surface area contributed by atoms with Crippen LogP contribution >= 0.6 is 0 Å². The first kappa shape index (κ1) is 13.1. The summed E-state index contributed by atoms with van der Waals surface area (Å²) in [5.41, 5.74) is 9.65. The predicted octanol–water partition coefficient (Wildman–Crippen LogP) is 2.38. The zero-order chi connectivity index (χ0) is 14.3. The fourth-order valence-corrected chi connectivity index (χ4v) is 2.48. The van der Waals surface area contributed by atoms with Gasteiger partial charge in [-0.1, -0.05) is 19.0 Å². The number of hydrogen-bond acceptors (Lipinski definition) is 5. The SMILES string of the molecule is CC(C)[C@H](N)c1nc(-c2ccc3c(c2)CCN3C)no1. The molecule has 0 bridgehead atoms. The molecule has 2 aromatic rings. The van der Waals surface area contributed by atoms with Crippen molar-refractivity contribution in [2.75, 3.05) is 18.5 Å². The van der Waals surface area contributed by atoms with E-state index in [1.165, 1.54) is 11.3 Å². The first-order valence-electron chi connectivity index (χ1n) is 7.00. The van der Waals surface area contributed by atoms with E-state index in [1.807, 2.05) is 19.9 Å². The van der Waals surface area contributed by atoms with E-state index in [1.54, 1.807) is 0 Å². The van der Waals surface area contributed by atoms with Crippen LogP contribution in [-0.4, -0.2) is 23.7 Å². The van der Waals surface area contributed by atoms with E-state index < -0.39 is 0 Å². The van der Waals surface area contributed by atoms with E-state index in [0.717, 1.165) is 18.5 Å². The molecule has 0 aliphatic carbocycles. The van der Waals surface area contributed by atoms with E-state index >= 15 is 0 Å². The topological polar surface area (TPSA) is 68.2 Å². The molecule has 1 aliphatic heterocycles. The van der Waals surface area contributed by atoms with E-state index in [4.69, 9.17) is 10.3 Å². The number of benzene rings is 1. The van der Waals surface area contributed by atoms with E-state index in [2.05, 4.69) is 34.2 Å². The third-order valence-corrected chi connectivity index (χ3v) is 3.91. The Hall–Kier alpha value is -1.88. The van der Waals surface area contributed by atoms with Gasteiger partial charge in [0.2, 0.25) is 11.7 Å². The Kier molecular flexibility index (Phi) is 3.22. The fraction of sp³-hybridized carbons (Fsp3) is 0.467. The molecule has 20 heavy (non-hydrogen) atoms. The average Bonchev–Trinajstić information content (AvgIpc) is 3.05. The monoisotopic (exact) mass is 272 g/mol. The normalized spacial score (nSPS) is 15.8. The van der Waals surface area contributed by atoms with Gasteiger partial charge in [-0.25, -0.2) is 0 Å². The molecule has 0 saturated heterocycles. The summed E-state index contributed by atoms with van der Waals surface area (Å²) in [6.45, 7) is 5.15. The molecule has 0 unspecified atom stereocenters. The molecule has 5 nitrogen and oxygen atoms in total. The van der Waals surface area contributed by atoms with Crippen molar-refractivity contribution in [1.82, 2.24) is 10.1 Å². The summed E-state index contributed by atoms with van der Waals surface area (Å²) in [6.07, 6.45) is 1.07. The van der Waals surface area contributed by atoms with Crippen molar-refractivity contribution in [3.05, 3.63) is 29.7 Å². The number of anilines is 1. The summed E-state index contributed by atoms with van der Waals surface area (Å²) < 4.78 is 5.29. The minimum atomic E-state index is -0.211. The van der Waals surface area contributed by atoms with Crippen LogP contribution in [0.15, 0.2) is 22.7 Å². The van der Waals surface area contributed by atoms with Crippen molar-refractivity contribution in [3.8, 4) is 11.4 Å². The zero-order valence-electron chi connectivity index (χ0n) is 12.1. The lowest BCUT2D eigenvalue weighted by atomic mass is 10.1. The maximum Gasteiger partial charge on any atom is 0.244 e.